The van der Waals surface area contributed by atoms with Gasteiger partial charge < -0.3 is 54.5 Å². The molecule has 0 aliphatic carbocycles. The Morgan fingerprint density at radius 2 is 1.62 bits per heavy atom. The fourth-order valence-electron chi connectivity index (χ4n) is 5.98. The summed E-state index contributed by atoms with van der Waals surface area (Å²) in [7, 11) is 3.26. The Morgan fingerprint density at radius 1 is 0.942 bits per heavy atom. The number of rotatable bonds is 8. The van der Waals surface area contributed by atoms with Gasteiger partial charge in [-0.3, -0.25) is 4.79 Å². The summed E-state index contributed by atoms with van der Waals surface area (Å²) in [4.78, 5) is 43.8. The summed E-state index contributed by atoms with van der Waals surface area (Å²) >= 11 is 0. The summed E-state index contributed by atoms with van der Waals surface area (Å²) in [6, 6.07) is 15.7. The van der Waals surface area contributed by atoms with Crippen molar-refractivity contribution in [2.45, 2.75) is 58.3 Å². The Labute approximate surface area is 304 Å². The Balaban J connectivity index is 1.34. The lowest BCUT2D eigenvalue weighted by atomic mass is 10.0. The molecule has 2 aliphatic rings. The van der Waals surface area contributed by atoms with Crippen molar-refractivity contribution >= 4 is 35.0 Å². The van der Waals surface area contributed by atoms with E-state index < -0.39 is 18.2 Å². The molecule has 2 heterocycles. The van der Waals surface area contributed by atoms with Gasteiger partial charge in [0.05, 0.1) is 37.5 Å². The van der Waals surface area contributed by atoms with Gasteiger partial charge in [-0.1, -0.05) is 6.92 Å². The number of likely N-dealkylation sites (N-methyl/N-ethyl adjacent to an activating group) is 1. The molecule has 52 heavy (non-hydrogen) atoms. The molecule has 0 bridgehead atoms. The van der Waals surface area contributed by atoms with Crippen LogP contribution in [0.1, 0.15) is 50.4 Å². The van der Waals surface area contributed by atoms with Crippen molar-refractivity contribution < 1.29 is 43.2 Å². The molecule has 280 valence electrons. The molecule has 14 nitrogen and oxygen atoms in total. The highest BCUT2D eigenvalue weighted by atomic mass is 16.7. The fourth-order valence-corrected chi connectivity index (χ4v) is 5.98. The third kappa shape index (κ3) is 9.98. The van der Waals surface area contributed by atoms with E-state index in [4.69, 9.17) is 23.7 Å². The molecule has 0 unspecified atom stereocenters. The van der Waals surface area contributed by atoms with Crippen LogP contribution in [-0.4, -0.2) is 98.4 Å². The van der Waals surface area contributed by atoms with Crippen LogP contribution in [0.2, 0.25) is 0 Å². The van der Waals surface area contributed by atoms with E-state index >= 15 is 0 Å². The normalized spacial score (nSPS) is 19.7. The highest BCUT2D eigenvalue weighted by Crippen LogP contribution is 2.34. The third-order valence-electron chi connectivity index (χ3n) is 9.08. The van der Waals surface area contributed by atoms with Gasteiger partial charge in [-0.2, -0.15) is 0 Å². The first kappa shape index (κ1) is 38.0. The van der Waals surface area contributed by atoms with Crippen LogP contribution in [-0.2, 0) is 4.74 Å². The van der Waals surface area contributed by atoms with Gasteiger partial charge in [-0.25, -0.2) is 9.59 Å². The summed E-state index contributed by atoms with van der Waals surface area (Å²) in [6.45, 7) is 6.46. The standard InChI is InChI=1S/C38H49N5O9/c1-24-20-43(25(2)22-44)36(45)31-18-28(40-37(46)39-27-9-13-30(48-5)14-10-27)11-15-32(31)52-26(3)8-6-7-17-49-35(24)21-42(4)38(47)41-29-12-16-33-34(19-29)51-23-50-33/h9-16,18-19,24-26,35,44H,6-8,17,20-23H2,1-5H3,(H,41,47)(H2,39,40,46)/t24-,25-,26-,35+/m0/s1. The minimum absolute atomic E-state index is 0.135. The van der Waals surface area contributed by atoms with Crippen LogP contribution in [0.4, 0.5) is 26.7 Å². The zero-order chi connectivity index (χ0) is 37.2. The highest BCUT2D eigenvalue weighted by Gasteiger charge is 2.31. The van der Waals surface area contributed by atoms with Crippen LogP contribution in [0.15, 0.2) is 60.7 Å². The van der Waals surface area contributed by atoms with E-state index in [1.807, 2.05) is 13.8 Å². The molecule has 0 saturated heterocycles. The van der Waals surface area contributed by atoms with Crippen molar-refractivity contribution in [3.63, 3.8) is 0 Å². The number of ether oxygens (including phenoxy) is 5. The largest absolute Gasteiger partial charge is 0.497 e. The van der Waals surface area contributed by atoms with Crippen LogP contribution in [0.25, 0.3) is 0 Å². The van der Waals surface area contributed by atoms with Gasteiger partial charge in [-0.15, -0.1) is 0 Å². The molecule has 0 fully saturated rings. The maximum Gasteiger partial charge on any atom is 0.323 e. The number of nitrogens with one attached hydrogen (secondary N) is 3. The number of hydrogen-bond donors (Lipinski definition) is 4. The molecule has 5 rings (SSSR count). The number of aliphatic hydroxyl groups excluding tert-OH is 1. The lowest BCUT2D eigenvalue weighted by Crippen LogP contribution is -2.48. The molecule has 0 aromatic heterocycles. The zero-order valence-corrected chi connectivity index (χ0v) is 30.3. The molecule has 5 amide bonds. The van der Waals surface area contributed by atoms with Crippen LogP contribution < -0.4 is 34.9 Å². The van der Waals surface area contributed by atoms with Crippen LogP contribution in [0.5, 0.6) is 23.0 Å². The number of anilines is 3. The van der Waals surface area contributed by atoms with Gasteiger partial charge in [0.25, 0.3) is 5.91 Å². The zero-order valence-electron chi connectivity index (χ0n) is 30.3. The maximum absolute atomic E-state index is 14.4. The summed E-state index contributed by atoms with van der Waals surface area (Å²) in [6.07, 6.45) is 1.68. The van der Waals surface area contributed by atoms with Gasteiger partial charge in [-0.05, 0) is 87.7 Å². The Kier molecular flexibility index (Phi) is 13.0. The minimum atomic E-state index is -0.559. The molecule has 0 radical (unpaired) electrons. The number of nitrogens with zero attached hydrogens (tertiary/aromatic N) is 2. The molecular weight excluding hydrogens is 670 g/mol. The second kappa shape index (κ2) is 17.8. The number of urea groups is 2. The van der Waals surface area contributed by atoms with Gasteiger partial charge in [0.15, 0.2) is 11.5 Å². The number of methoxy groups -OCH3 is 1. The maximum atomic E-state index is 14.4. The first-order valence-electron chi connectivity index (χ1n) is 17.5. The lowest BCUT2D eigenvalue weighted by molar-refractivity contribution is -0.0115. The topological polar surface area (TPSA) is 160 Å². The molecule has 2 aliphatic heterocycles. The number of carbonyl (C=O) groups excluding carboxylic acids is 3. The average Bonchev–Trinajstić information content (AvgIpc) is 3.61. The van der Waals surface area contributed by atoms with Crippen molar-refractivity contribution in [2.24, 2.45) is 5.92 Å². The Bertz CT molecular complexity index is 1690. The van der Waals surface area contributed by atoms with E-state index in [2.05, 4.69) is 16.0 Å². The average molecular weight is 720 g/mol. The monoisotopic (exact) mass is 719 g/mol. The number of hydrogen-bond acceptors (Lipinski definition) is 9. The van der Waals surface area contributed by atoms with Gasteiger partial charge >= 0.3 is 12.1 Å². The molecule has 3 aromatic carbocycles. The SMILES string of the molecule is COc1ccc(NC(=O)Nc2ccc3c(c2)C(=O)N([C@@H](C)CO)C[C@H](C)[C@@H](CN(C)C(=O)Nc2ccc4c(c2)OCO4)OCCCC[C@H](C)O3)cc1. The number of amides is 5. The number of aliphatic hydroxyl groups is 1. The smallest absolute Gasteiger partial charge is 0.323 e. The van der Waals surface area contributed by atoms with Crippen molar-refractivity contribution in [1.29, 1.82) is 0 Å². The first-order valence-corrected chi connectivity index (χ1v) is 17.5. The molecule has 0 saturated carbocycles. The van der Waals surface area contributed by atoms with Crippen molar-refractivity contribution in [2.75, 3.05) is 63.2 Å². The second-order valence-corrected chi connectivity index (χ2v) is 13.2. The number of fused-ring (bicyclic) bond motifs is 2. The summed E-state index contributed by atoms with van der Waals surface area (Å²) in [5.41, 5.74) is 1.76. The van der Waals surface area contributed by atoms with Gasteiger partial charge in [0.1, 0.15) is 11.5 Å². The molecule has 4 N–H and O–H groups in total. The summed E-state index contributed by atoms with van der Waals surface area (Å²) in [5, 5.41) is 18.8. The predicted octanol–water partition coefficient (Wildman–Crippen LogP) is 6.03. The van der Waals surface area contributed by atoms with Crippen LogP contribution >= 0.6 is 0 Å². The highest BCUT2D eigenvalue weighted by molar-refractivity contribution is 6.02. The first-order chi connectivity index (χ1) is 25.0. The van der Waals surface area contributed by atoms with Gasteiger partial charge in [0.2, 0.25) is 6.79 Å². The molecule has 4 atom stereocenters. The van der Waals surface area contributed by atoms with Crippen molar-refractivity contribution in [1.82, 2.24) is 9.80 Å². The van der Waals surface area contributed by atoms with E-state index in [1.54, 1.807) is 91.5 Å². The number of benzene rings is 3. The third-order valence-corrected chi connectivity index (χ3v) is 9.08. The van der Waals surface area contributed by atoms with E-state index in [9.17, 15) is 19.5 Å². The number of carbonyl (C=O) groups is 3. The van der Waals surface area contributed by atoms with E-state index in [0.29, 0.717) is 46.7 Å². The van der Waals surface area contributed by atoms with E-state index in [1.165, 1.54) is 0 Å². The van der Waals surface area contributed by atoms with E-state index in [-0.39, 0.29) is 56.0 Å². The minimum Gasteiger partial charge on any atom is -0.497 e. The van der Waals surface area contributed by atoms with Crippen LogP contribution in [0.3, 0.4) is 0 Å². The fraction of sp³-hybridized carbons (Fsp3) is 0.447. The van der Waals surface area contributed by atoms with Crippen molar-refractivity contribution in [3.05, 3.63) is 66.2 Å². The molecule has 0 spiro atoms. The predicted molar refractivity (Wildman–Crippen MR) is 197 cm³/mol. The quantitative estimate of drug-likeness (QED) is 0.218. The second-order valence-electron chi connectivity index (χ2n) is 13.2. The molecule has 3 aromatic rings. The lowest BCUT2D eigenvalue weighted by Gasteiger charge is -2.35. The molecular formula is C38H49N5O9. The summed E-state index contributed by atoms with van der Waals surface area (Å²) < 4.78 is 28.7. The summed E-state index contributed by atoms with van der Waals surface area (Å²) in [5.74, 6) is 1.60. The molecule has 14 heteroatoms. The van der Waals surface area contributed by atoms with Crippen LogP contribution in [0, 0.1) is 5.92 Å². The Morgan fingerprint density at radius 3 is 2.35 bits per heavy atom. The van der Waals surface area contributed by atoms with E-state index in [0.717, 1.165) is 19.3 Å². The Hall–Kier alpha value is -5.21. The van der Waals surface area contributed by atoms with Gasteiger partial charge in [0, 0.05) is 55.8 Å². The van der Waals surface area contributed by atoms with Crippen molar-refractivity contribution in [3.8, 4) is 23.0 Å².